The average Bonchev–Trinajstić information content (AvgIpc) is 2.88. The fraction of sp³-hybridized carbons (Fsp3) is 0.368. The average molecular weight is 525 g/mol. The molecule has 0 atom stereocenters. The van der Waals surface area contributed by atoms with E-state index < -0.39 is 39.4 Å². The van der Waals surface area contributed by atoms with Crippen LogP contribution >= 0.6 is 39.5 Å². The molecule has 1 aromatic carbocycles. The monoisotopic (exact) mass is 524 g/mol. The molecule has 0 saturated carbocycles. The molecule has 0 spiro atoms. The first-order valence-corrected chi connectivity index (χ1v) is 11.2. The summed E-state index contributed by atoms with van der Waals surface area (Å²) in [5.41, 5.74) is 0.137. The lowest BCUT2D eigenvalue weighted by Gasteiger charge is -2.14. The zero-order valence-corrected chi connectivity index (χ0v) is 19.0. The van der Waals surface area contributed by atoms with Crippen LogP contribution < -0.4 is 10.6 Å². The van der Waals surface area contributed by atoms with Gasteiger partial charge in [-0.05, 0) is 66.3 Å². The number of thiocarbonyl (C=S) groups is 1. The molecule has 1 aliphatic carbocycles. The summed E-state index contributed by atoms with van der Waals surface area (Å²) in [6.07, 6.45) is 4.44. The molecular formula is C19H17BrF4N2O2S2. The molecule has 11 heteroatoms. The molecule has 0 bridgehead atoms. The fourth-order valence-corrected chi connectivity index (χ4v) is 5.11. The smallest absolute Gasteiger partial charge is 0.341 e. The van der Waals surface area contributed by atoms with Crippen LogP contribution in [-0.2, 0) is 17.6 Å². The maximum Gasteiger partial charge on any atom is 0.341 e. The number of halogens is 5. The van der Waals surface area contributed by atoms with Gasteiger partial charge in [-0.3, -0.25) is 0 Å². The highest BCUT2D eigenvalue weighted by Gasteiger charge is 2.28. The van der Waals surface area contributed by atoms with Gasteiger partial charge in [-0.1, -0.05) is 6.42 Å². The summed E-state index contributed by atoms with van der Waals surface area (Å²) < 4.78 is 60.0. The molecule has 0 unspecified atom stereocenters. The van der Waals surface area contributed by atoms with Crippen LogP contribution in [-0.4, -0.2) is 17.7 Å². The van der Waals surface area contributed by atoms with Gasteiger partial charge in [0.15, 0.2) is 28.4 Å². The number of fused-ring (bicyclic) bond motifs is 1. The Morgan fingerprint density at radius 1 is 1.07 bits per heavy atom. The van der Waals surface area contributed by atoms with Crippen molar-refractivity contribution in [2.75, 3.05) is 17.2 Å². The van der Waals surface area contributed by atoms with E-state index in [0.29, 0.717) is 17.0 Å². The number of rotatable bonds is 4. The predicted octanol–water partition coefficient (Wildman–Crippen LogP) is 6.32. The van der Waals surface area contributed by atoms with Crippen molar-refractivity contribution in [3.63, 3.8) is 0 Å². The summed E-state index contributed by atoms with van der Waals surface area (Å²) >= 11 is 8.84. The predicted molar refractivity (Wildman–Crippen MR) is 115 cm³/mol. The second kappa shape index (κ2) is 9.61. The van der Waals surface area contributed by atoms with Crippen molar-refractivity contribution in [3.8, 4) is 0 Å². The minimum Gasteiger partial charge on any atom is -0.462 e. The summed E-state index contributed by atoms with van der Waals surface area (Å²) in [5.74, 6) is -6.96. The van der Waals surface area contributed by atoms with Crippen LogP contribution in [0.15, 0.2) is 4.47 Å². The highest BCUT2D eigenvalue weighted by atomic mass is 79.9. The van der Waals surface area contributed by atoms with Gasteiger partial charge in [0.05, 0.1) is 16.6 Å². The Morgan fingerprint density at radius 3 is 2.33 bits per heavy atom. The Hall–Kier alpha value is -1.72. The van der Waals surface area contributed by atoms with Crippen LogP contribution in [0.25, 0.3) is 0 Å². The SMILES string of the molecule is CCOC(=O)c1c(NC(=S)Nc2c(F)c(F)c(Br)c(F)c2F)sc2c1CCCCC2. The van der Waals surface area contributed by atoms with Crippen molar-refractivity contribution >= 4 is 61.3 Å². The summed E-state index contributed by atoms with van der Waals surface area (Å²) in [5, 5.41) is 4.92. The van der Waals surface area contributed by atoms with Crippen LogP contribution in [0.3, 0.4) is 0 Å². The molecule has 1 heterocycles. The van der Waals surface area contributed by atoms with Crippen molar-refractivity contribution < 1.29 is 27.1 Å². The Kier molecular flexibility index (Phi) is 7.35. The Morgan fingerprint density at radius 2 is 1.70 bits per heavy atom. The number of ether oxygens (including phenoxy) is 1. The second-order valence-corrected chi connectivity index (χ2v) is 8.82. The summed E-state index contributed by atoms with van der Waals surface area (Å²) in [7, 11) is 0. The maximum absolute atomic E-state index is 14.1. The second-order valence-electron chi connectivity index (χ2n) is 6.51. The van der Waals surface area contributed by atoms with Crippen molar-refractivity contribution in [1.82, 2.24) is 0 Å². The van der Waals surface area contributed by atoms with Crippen molar-refractivity contribution in [2.45, 2.75) is 39.0 Å². The van der Waals surface area contributed by atoms with E-state index in [-0.39, 0.29) is 11.7 Å². The van der Waals surface area contributed by atoms with Gasteiger partial charge in [0.2, 0.25) is 0 Å². The molecule has 1 aliphatic rings. The first kappa shape index (κ1) is 23.0. The molecule has 4 nitrogen and oxygen atoms in total. The molecule has 30 heavy (non-hydrogen) atoms. The third-order valence-electron chi connectivity index (χ3n) is 4.58. The third-order valence-corrected chi connectivity index (χ3v) is 6.68. The van der Waals surface area contributed by atoms with Crippen LogP contribution in [0, 0.1) is 23.3 Å². The summed E-state index contributed by atoms with van der Waals surface area (Å²) in [4.78, 5) is 13.6. The molecular weight excluding hydrogens is 508 g/mol. The molecule has 0 amide bonds. The number of hydrogen-bond acceptors (Lipinski definition) is 4. The molecule has 1 aromatic heterocycles. The standard InChI is InChI=1S/C19H17BrF4N2O2S2/c1-2-28-18(27)10-8-6-4-3-5-7-9(8)30-17(10)26-19(29)25-16-14(23)12(21)11(20)13(22)15(16)24/h2-7H2,1H3,(H2,25,26,29). The molecule has 2 N–H and O–H groups in total. The van der Waals surface area contributed by atoms with E-state index in [1.807, 2.05) is 0 Å². The Labute approximate surface area is 188 Å². The summed E-state index contributed by atoms with van der Waals surface area (Å²) in [6.45, 7) is 1.86. The number of aryl methyl sites for hydroxylation is 1. The van der Waals surface area contributed by atoms with E-state index in [4.69, 9.17) is 17.0 Å². The van der Waals surface area contributed by atoms with Crippen molar-refractivity contribution in [1.29, 1.82) is 0 Å². The normalized spacial score (nSPS) is 13.4. The van der Waals surface area contributed by atoms with Crippen LogP contribution in [0.1, 0.15) is 47.0 Å². The van der Waals surface area contributed by atoms with Crippen LogP contribution in [0.2, 0.25) is 0 Å². The van der Waals surface area contributed by atoms with Gasteiger partial charge < -0.3 is 15.4 Å². The lowest BCUT2D eigenvalue weighted by atomic mass is 10.1. The molecule has 3 rings (SSSR count). The van der Waals surface area contributed by atoms with E-state index in [0.717, 1.165) is 36.1 Å². The quantitative estimate of drug-likeness (QED) is 0.122. The van der Waals surface area contributed by atoms with Gasteiger partial charge in [-0.25, -0.2) is 22.4 Å². The lowest BCUT2D eigenvalue weighted by molar-refractivity contribution is 0.0527. The van der Waals surface area contributed by atoms with Crippen molar-refractivity contribution in [2.24, 2.45) is 0 Å². The number of carbonyl (C=O) groups excluding carboxylic acids is 1. The largest absolute Gasteiger partial charge is 0.462 e. The highest BCUT2D eigenvalue weighted by molar-refractivity contribution is 9.10. The number of thiophene rings is 1. The van der Waals surface area contributed by atoms with Crippen LogP contribution in [0.4, 0.5) is 28.3 Å². The van der Waals surface area contributed by atoms with E-state index in [1.54, 1.807) is 6.92 Å². The van der Waals surface area contributed by atoms with Crippen LogP contribution in [0.5, 0.6) is 0 Å². The van der Waals surface area contributed by atoms with Gasteiger partial charge >= 0.3 is 5.97 Å². The topological polar surface area (TPSA) is 50.4 Å². The third kappa shape index (κ3) is 4.47. The maximum atomic E-state index is 14.1. The zero-order chi connectivity index (χ0) is 22.0. The fourth-order valence-electron chi connectivity index (χ4n) is 3.21. The summed E-state index contributed by atoms with van der Waals surface area (Å²) in [6, 6.07) is 0. The Balaban J connectivity index is 1.92. The highest BCUT2D eigenvalue weighted by Crippen LogP contribution is 2.38. The zero-order valence-electron chi connectivity index (χ0n) is 15.8. The Bertz CT molecular complexity index is 984. The van der Waals surface area contributed by atoms with Gasteiger partial charge in [0.25, 0.3) is 0 Å². The number of anilines is 2. The first-order valence-electron chi connectivity index (χ1n) is 9.17. The number of hydrogen-bond donors (Lipinski definition) is 2. The van der Waals surface area contributed by atoms with Gasteiger partial charge in [-0.15, -0.1) is 11.3 Å². The van der Waals surface area contributed by atoms with E-state index in [9.17, 15) is 22.4 Å². The van der Waals surface area contributed by atoms with Gasteiger partial charge in [0, 0.05) is 4.88 Å². The molecule has 0 radical (unpaired) electrons. The number of benzene rings is 1. The lowest BCUT2D eigenvalue weighted by Crippen LogP contribution is -2.22. The van der Waals surface area contributed by atoms with E-state index in [1.165, 1.54) is 11.3 Å². The van der Waals surface area contributed by atoms with Gasteiger partial charge in [-0.2, -0.15) is 0 Å². The number of carbonyl (C=O) groups is 1. The molecule has 2 aromatic rings. The van der Waals surface area contributed by atoms with Crippen molar-refractivity contribution in [3.05, 3.63) is 43.7 Å². The first-order chi connectivity index (χ1) is 14.3. The number of nitrogens with one attached hydrogen (secondary N) is 2. The molecule has 0 aliphatic heterocycles. The minimum atomic E-state index is -1.63. The van der Waals surface area contributed by atoms with Gasteiger partial charge in [0.1, 0.15) is 10.7 Å². The molecule has 0 saturated heterocycles. The minimum absolute atomic E-state index is 0.180. The number of esters is 1. The molecule has 162 valence electrons. The van der Waals surface area contributed by atoms with E-state index >= 15 is 0 Å². The molecule has 0 fully saturated rings. The van der Waals surface area contributed by atoms with E-state index in [2.05, 4.69) is 26.6 Å².